The van der Waals surface area contributed by atoms with Gasteiger partial charge in [0.15, 0.2) is 0 Å². The predicted octanol–water partition coefficient (Wildman–Crippen LogP) is 3.64. The van der Waals surface area contributed by atoms with Crippen molar-refractivity contribution in [2.75, 3.05) is 26.3 Å². The topological polar surface area (TPSA) is 105 Å². The molecule has 0 bridgehead atoms. The largest absolute Gasteiger partial charge is 0.481 e. The molecule has 8 heteroatoms. The number of ether oxygens (including phenoxy) is 2. The Labute approximate surface area is 205 Å². The highest BCUT2D eigenvalue weighted by molar-refractivity contribution is 5.87. The highest BCUT2D eigenvalue weighted by Gasteiger charge is 2.38. The van der Waals surface area contributed by atoms with Crippen molar-refractivity contribution in [2.24, 2.45) is 5.41 Å². The molecule has 2 aromatic carbocycles. The highest BCUT2D eigenvalue weighted by Crippen LogP contribution is 2.44. The van der Waals surface area contributed by atoms with Gasteiger partial charge in [-0.05, 0) is 27.7 Å². The van der Waals surface area contributed by atoms with Gasteiger partial charge >= 0.3 is 12.1 Å². The molecule has 0 aromatic heterocycles. The minimum absolute atomic E-state index is 0.0760. The van der Waals surface area contributed by atoms with Gasteiger partial charge in [-0.15, -0.1) is 0 Å². The summed E-state index contributed by atoms with van der Waals surface area (Å²) in [6.45, 7) is 6.53. The number of carboxylic acids is 1. The summed E-state index contributed by atoms with van der Waals surface area (Å²) in [6, 6.07) is 15.4. The summed E-state index contributed by atoms with van der Waals surface area (Å²) in [7, 11) is 0. The lowest BCUT2D eigenvalue weighted by atomic mass is 9.85. The van der Waals surface area contributed by atoms with E-state index in [1.54, 1.807) is 4.90 Å². The van der Waals surface area contributed by atoms with Crippen LogP contribution in [0, 0.1) is 5.41 Å². The van der Waals surface area contributed by atoms with Gasteiger partial charge in [-0.25, -0.2) is 4.79 Å². The first kappa shape index (κ1) is 24.7. The first-order valence-corrected chi connectivity index (χ1v) is 11.9. The number of hydrogen-bond donors (Lipinski definition) is 2. The van der Waals surface area contributed by atoms with Crippen molar-refractivity contribution in [3.8, 4) is 11.1 Å². The molecule has 0 radical (unpaired) electrons. The zero-order chi connectivity index (χ0) is 25.2. The number of benzene rings is 2. The van der Waals surface area contributed by atoms with Crippen LogP contribution in [0.2, 0.25) is 0 Å². The molecule has 1 heterocycles. The smallest absolute Gasteiger partial charge is 0.407 e. The number of fused-ring (bicyclic) bond motifs is 3. The van der Waals surface area contributed by atoms with Gasteiger partial charge in [0.05, 0.1) is 19.1 Å². The lowest BCUT2D eigenvalue weighted by molar-refractivity contribution is -0.150. The van der Waals surface area contributed by atoms with Crippen molar-refractivity contribution in [2.45, 2.75) is 45.3 Å². The van der Waals surface area contributed by atoms with E-state index in [2.05, 4.69) is 29.6 Å². The number of rotatable bonds is 6. The minimum Gasteiger partial charge on any atom is -0.481 e. The van der Waals surface area contributed by atoms with E-state index in [-0.39, 0.29) is 38.0 Å². The number of carboxylic acid groups (broad SMARTS) is 1. The predicted molar refractivity (Wildman–Crippen MR) is 130 cm³/mol. The van der Waals surface area contributed by atoms with Gasteiger partial charge in [0.2, 0.25) is 5.91 Å². The van der Waals surface area contributed by atoms with Crippen molar-refractivity contribution in [1.29, 1.82) is 0 Å². The van der Waals surface area contributed by atoms with Crippen molar-refractivity contribution in [3.05, 3.63) is 59.7 Å². The summed E-state index contributed by atoms with van der Waals surface area (Å²) in [4.78, 5) is 38.9. The maximum absolute atomic E-state index is 13.4. The van der Waals surface area contributed by atoms with Gasteiger partial charge in [0, 0.05) is 19.0 Å². The van der Waals surface area contributed by atoms with E-state index < -0.39 is 29.6 Å². The summed E-state index contributed by atoms with van der Waals surface area (Å²) < 4.78 is 11.1. The van der Waals surface area contributed by atoms with Crippen LogP contribution in [0.25, 0.3) is 11.1 Å². The summed E-state index contributed by atoms with van der Waals surface area (Å²) in [5.74, 6) is -1.33. The zero-order valence-corrected chi connectivity index (χ0v) is 20.3. The number of carbonyl (C=O) groups is 3. The molecule has 35 heavy (non-hydrogen) atoms. The molecule has 2 atom stereocenters. The molecule has 0 spiro atoms. The Morgan fingerprint density at radius 2 is 1.69 bits per heavy atom. The maximum atomic E-state index is 13.4. The second-order valence-corrected chi connectivity index (χ2v) is 10.1. The van der Waals surface area contributed by atoms with E-state index in [1.165, 1.54) is 0 Å². The fourth-order valence-corrected chi connectivity index (χ4v) is 4.83. The number of alkyl carbamates (subject to hydrolysis) is 1. The van der Waals surface area contributed by atoms with Crippen molar-refractivity contribution < 1.29 is 29.0 Å². The Morgan fingerprint density at radius 1 is 1.09 bits per heavy atom. The molecule has 1 aliphatic heterocycles. The molecule has 2 aromatic rings. The van der Waals surface area contributed by atoms with Crippen molar-refractivity contribution >= 4 is 18.0 Å². The number of nitrogens with one attached hydrogen (secondary N) is 1. The molecular weight excluding hydrogens is 448 g/mol. The van der Waals surface area contributed by atoms with Crippen LogP contribution < -0.4 is 5.32 Å². The third-order valence-corrected chi connectivity index (χ3v) is 6.57. The van der Waals surface area contributed by atoms with Gasteiger partial charge < -0.3 is 24.8 Å². The van der Waals surface area contributed by atoms with Gasteiger partial charge in [0.25, 0.3) is 0 Å². The molecular formula is C27H32N2O6. The molecule has 0 saturated carbocycles. The highest BCUT2D eigenvalue weighted by atomic mass is 16.5. The van der Waals surface area contributed by atoms with E-state index in [0.717, 1.165) is 22.3 Å². The number of hydrogen-bond acceptors (Lipinski definition) is 5. The third-order valence-electron chi connectivity index (χ3n) is 6.57. The Balaban J connectivity index is 1.43. The molecule has 2 unspecified atom stereocenters. The molecule has 186 valence electrons. The Kier molecular flexibility index (Phi) is 7.12. The molecule has 4 rings (SSSR count). The normalized spacial score (nSPS) is 18.4. The summed E-state index contributed by atoms with van der Waals surface area (Å²) in [5, 5.41) is 11.8. The quantitative estimate of drug-likeness (QED) is 0.654. The van der Waals surface area contributed by atoms with E-state index in [4.69, 9.17) is 14.6 Å². The van der Waals surface area contributed by atoms with E-state index >= 15 is 0 Å². The van der Waals surface area contributed by atoms with Crippen LogP contribution in [0.1, 0.15) is 44.2 Å². The number of amides is 2. The van der Waals surface area contributed by atoms with E-state index in [9.17, 15) is 14.4 Å². The lowest BCUT2D eigenvalue weighted by Gasteiger charge is -2.38. The minimum atomic E-state index is -0.978. The van der Waals surface area contributed by atoms with Gasteiger partial charge in [-0.3, -0.25) is 9.59 Å². The number of nitrogens with zero attached hydrogens (tertiary/aromatic N) is 1. The van der Waals surface area contributed by atoms with Crippen LogP contribution in [-0.2, 0) is 19.1 Å². The molecule has 2 aliphatic rings. The molecule has 8 nitrogen and oxygen atoms in total. The number of morpholine rings is 1. The second kappa shape index (κ2) is 10.1. The first-order valence-electron chi connectivity index (χ1n) is 11.9. The average molecular weight is 481 g/mol. The number of aliphatic carboxylic acids is 1. The molecule has 1 fully saturated rings. The van der Waals surface area contributed by atoms with E-state index in [0.29, 0.717) is 6.54 Å². The van der Waals surface area contributed by atoms with Crippen LogP contribution in [0.4, 0.5) is 4.79 Å². The average Bonchev–Trinajstić information content (AvgIpc) is 3.13. The lowest BCUT2D eigenvalue weighted by Crippen LogP contribution is -2.58. The monoisotopic (exact) mass is 480 g/mol. The van der Waals surface area contributed by atoms with Crippen LogP contribution in [-0.4, -0.2) is 66.4 Å². The third kappa shape index (κ3) is 5.48. The van der Waals surface area contributed by atoms with Gasteiger partial charge in [-0.2, -0.15) is 0 Å². The summed E-state index contributed by atoms with van der Waals surface area (Å²) in [5.41, 5.74) is 3.93. The van der Waals surface area contributed by atoms with Crippen LogP contribution in [0.3, 0.4) is 0 Å². The molecule has 2 amide bonds. The van der Waals surface area contributed by atoms with Gasteiger partial charge in [0.1, 0.15) is 12.6 Å². The first-order chi connectivity index (χ1) is 16.6. The van der Waals surface area contributed by atoms with Crippen LogP contribution in [0.15, 0.2) is 48.5 Å². The fourth-order valence-electron chi connectivity index (χ4n) is 4.83. The Bertz CT molecular complexity index is 1060. The SMILES string of the molecule is CC(C)(C)C(NC(=O)OCC1c2ccccc2-c2ccccc21)C(=O)N1CCOC(CC(=O)O)C1. The van der Waals surface area contributed by atoms with Crippen molar-refractivity contribution in [1.82, 2.24) is 10.2 Å². The van der Waals surface area contributed by atoms with Crippen LogP contribution >= 0.6 is 0 Å². The summed E-state index contributed by atoms with van der Waals surface area (Å²) in [6.07, 6.45) is -1.40. The van der Waals surface area contributed by atoms with Crippen LogP contribution in [0.5, 0.6) is 0 Å². The summed E-state index contributed by atoms with van der Waals surface area (Å²) >= 11 is 0. The molecule has 1 aliphatic carbocycles. The van der Waals surface area contributed by atoms with Crippen molar-refractivity contribution in [3.63, 3.8) is 0 Å². The molecule has 1 saturated heterocycles. The fraction of sp³-hybridized carbons (Fsp3) is 0.444. The molecule has 2 N–H and O–H groups in total. The Morgan fingerprint density at radius 3 is 2.26 bits per heavy atom. The van der Waals surface area contributed by atoms with Gasteiger partial charge in [-0.1, -0.05) is 69.3 Å². The second-order valence-electron chi connectivity index (χ2n) is 10.1. The zero-order valence-electron chi connectivity index (χ0n) is 20.3. The standard InChI is InChI=1S/C27H32N2O6/c1-27(2,3)24(25(32)29-12-13-34-17(15-29)14-23(30)31)28-26(33)35-16-22-20-10-6-4-8-18(20)19-9-5-7-11-21(19)22/h4-11,17,22,24H,12-16H2,1-3H3,(H,28,33)(H,30,31). The maximum Gasteiger partial charge on any atom is 0.407 e. The number of carbonyl (C=O) groups excluding carboxylic acids is 2. The Hall–Kier alpha value is -3.39. The van der Waals surface area contributed by atoms with E-state index in [1.807, 2.05) is 45.0 Å².